The summed E-state index contributed by atoms with van der Waals surface area (Å²) in [6.07, 6.45) is 0.626. The minimum Gasteiger partial charge on any atom is -0.314 e. The predicted octanol–water partition coefficient (Wildman–Crippen LogP) is 2.68. The molecule has 0 aliphatic rings. The first-order valence-corrected chi connectivity index (χ1v) is 3.83. The largest absolute Gasteiger partial charge is 0.314 e. The van der Waals surface area contributed by atoms with Crippen LogP contribution in [-0.2, 0) is 6.42 Å². The highest BCUT2D eigenvalue weighted by molar-refractivity contribution is 5.17. The van der Waals surface area contributed by atoms with Gasteiger partial charge in [0, 0.05) is 13.3 Å². The van der Waals surface area contributed by atoms with Crippen molar-refractivity contribution in [3.05, 3.63) is 47.1 Å². The molecule has 1 atom stereocenters. The number of hydrogen-bond acceptors (Lipinski definition) is 0. The van der Waals surface area contributed by atoms with E-state index >= 15 is 0 Å². The Morgan fingerprint density at radius 1 is 1.58 bits per heavy atom. The Bertz CT molecular complexity index is 301. The molecule has 0 radical (unpaired) electrons. The average Bonchev–Trinajstić information content (AvgIpc) is 2.04. The first-order valence-electron chi connectivity index (χ1n) is 3.83. The minimum atomic E-state index is -0.232. The Morgan fingerprint density at radius 2 is 2.33 bits per heavy atom. The molecule has 0 saturated carbocycles. The third kappa shape index (κ3) is 2.35. The van der Waals surface area contributed by atoms with Gasteiger partial charge in [-0.15, -0.1) is 0 Å². The zero-order valence-electron chi connectivity index (χ0n) is 6.92. The van der Waals surface area contributed by atoms with Crippen molar-refractivity contribution in [2.75, 3.05) is 0 Å². The zero-order valence-corrected chi connectivity index (χ0v) is 6.92. The second kappa shape index (κ2) is 3.87. The summed E-state index contributed by atoms with van der Waals surface area (Å²) in [5.41, 5.74) is 0.888. The summed E-state index contributed by atoms with van der Waals surface area (Å²) in [5.74, 6) is -0.232. The fourth-order valence-electron chi connectivity index (χ4n) is 1.05. The van der Waals surface area contributed by atoms with Crippen LogP contribution in [0.5, 0.6) is 0 Å². The van der Waals surface area contributed by atoms with E-state index in [0.29, 0.717) is 6.42 Å². The van der Waals surface area contributed by atoms with Gasteiger partial charge in [-0.3, -0.25) is 0 Å². The molecule has 2 heteroatoms. The highest BCUT2D eigenvalue weighted by Crippen LogP contribution is 2.07. The highest BCUT2D eigenvalue weighted by atomic mass is 19.1. The molecule has 0 N–H and O–H groups in total. The van der Waals surface area contributed by atoms with Crippen molar-refractivity contribution in [2.24, 2.45) is 0 Å². The summed E-state index contributed by atoms with van der Waals surface area (Å²) in [6.45, 7) is 8.57. The monoisotopic (exact) mass is 163 g/mol. The maximum absolute atomic E-state index is 12.6. The lowest BCUT2D eigenvalue weighted by Crippen LogP contribution is -1.99. The van der Waals surface area contributed by atoms with Crippen LogP contribution in [0, 0.1) is 12.4 Å². The van der Waals surface area contributed by atoms with Crippen LogP contribution in [0.4, 0.5) is 4.39 Å². The summed E-state index contributed by atoms with van der Waals surface area (Å²) < 4.78 is 12.6. The molecule has 0 saturated heterocycles. The first kappa shape index (κ1) is 8.73. The summed E-state index contributed by atoms with van der Waals surface area (Å²) in [7, 11) is 0. The molecule has 0 aliphatic carbocycles. The van der Waals surface area contributed by atoms with Gasteiger partial charge in [0.25, 0.3) is 0 Å². The Morgan fingerprint density at radius 3 is 2.92 bits per heavy atom. The van der Waals surface area contributed by atoms with Crippen LogP contribution in [0.2, 0.25) is 0 Å². The third-order valence-corrected chi connectivity index (χ3v) is 1.64. The number of halogens is 1. The molecular formula is C10H10FN. The van der Waals surface area contributed by atoms with Crippen LogP contribution in [0.1, 0.15) is 12.5 Å². The van der Waals surface area contributed by atoms with Crippen LogP contribution < -0.4 is 0 Å². The molecule has 1 unspecified atom stereocenters. The van der Waals surface area contributed by atoms with E-state index in [1.165, 1.54) is 12.1 Å². The molecule has 1 aromatic rings. The standard InChI is InChI=1S/C10H10FN/c1-8(12-2)6-9-4-3-5-10(11)7-9/h3-5,7-8H,6H2,1H3. The van der Waals surface area contributed by atoms with Gasteiger partial charge in [0.1, 0.15) is 5.82 Å². The van der Waals surface area contributed by atoms with Gasteiger partial charge < -0.3 is 4.85 Å². The van der Waals surface area contributed by atoms with E-state index in [2.05, 4.69) is 4.85 Å². The number of benzene rings is 1. The van der Waals surface area contributed by atoms with Gasteiger partial charge in [-0.1, -0.05) is 12.1 Å². The van der Waals surface area contributed by atoms with Crippen molar-refractivity contribution in [3.8, 4) is 0 Å². The van der Waals surface area contributed by atoms with Gasteiger partial charge in [0.15, 0.2) is 0 Å². The van der Waals surface area contributed by atoms with Gasteiger partial charge in [-0.2, -0.15) is 0 Å². The summed E-state index contributed by atoms with van der Waals surface area (Å²) in [5, 5.41) is 0. The lowest BCUT2D eigenvalue weighted by molar-refractivity contribution is 0.624. The van der Waals surface area contributed by atoms with Gasteiger partial charge >= 0.3 is 0 Å². The normalized spacial score (nSPS) is 12.1. The number of hydrogen-bond donors (Lipinski definition) is 0. The first-order chi connectivity index (χ1) is 5.72. The molecule has 0 fully saturated rings. The molecule has 12 heavy (non-hydrogen) atoms. The molecule has 0 aliphatic heterocycles. The molecule has 1 nitrogen and oxygen atoms in total. The summed E-state index contributed by atoms with van der Waals surface area (Å²) in [4.78, 5) is 3.34. The third-order valence-electron chi connectivity index (χ3n) is 1.64. The van der Waals surface area contributed by atoms with E-state index in [0.717, 1.165) is 5.56 Å². The van der Waals surface area contributed by atoms with E-state index < -0.39 is 0 Å². The molecule has 0 aromatic heterocycles. The van der Waals surface area contributed by atoms with Gasteiger partial charge in [-0.05, 0) is 17.7 Å². The fraction of sp³-hybridized carbons (Fsp3) is 0.300. The van der Waals surface area contributed by atoms with Crippen LogP contribution >= 0.6 is 0 Å². The van der Waals surface area contributed by atoms with Crippen molar-refractivity contribution < 1.29 is 4.39 Å². The molecule has 0 spiro atoms. The second-order valence-corrected chi connectivity index (χ2v) is 2.81. The van der Waals surface area contributed by atoms with E-state index in [1.807, 2.05) is 13.0 Å². The lowest BCUT2D eigenvalue weighted by atomic mass is 10.1. The Hall–Kier alpha value is -1.36. The topological polar surface area (TPSA) is 4.36 Å². The Kier molecular flexibility index (Phi) is 2.82. The van der Waals surface area contributed by atoms with Crippen molar-refractivity contribution in [1.82, 2.24) is 0 Å². The number of nitrogens with zero attached hydrogens (tertiary/aromatic N) is 1. The SMILES string of the molecule is [C-]#[N+]C(C)Cc1cccc(F)c1. The molecule has 0 heterocycles. The van der Waals surface area contributed by atoms with E-state index in [4.69, 9.17) is 6.57 Å². The van der Waals surface area contributed by atoms with Crippen LogP contribution in [0.3, 0.4) is 0 Å². The van der Waals surface area contributed by atoms with Crippen molar-refractivity contribution in [3.63, 3.8) is 0 Å². The van der Waals surface area contributed by atoms with E-state index in [-0.39, 0.29) is 11.9 Å². The maximum atomic E-state index is 12.6. The predicted molar refractivity (Wildman–Crippen MR) is 46.2 cm³/mol. The maximum Gasteiger partial charge on any atom is 0.225 e. The van der Waals surface area contributed by atoms with Gasteiger partial charge in [0.2, 0.25) is 6.04 Å². The highest BCUT2D eigenvalue weighted by Gasteiger charge is 2.05. The molecule has 1 aromatic carbocycles. The Labute approximate surface area is 71.7 Å². The zero-order chi connectivity index (χ0) is 8.97. The molecule has 62 valence electrons. The van der Waals surface area contributed by atoms with E-state index in [1.54, 1.807) is 6.07 Å². The van der Waals surface area contributed by atoms with Crippen molar-refractivity contribution in [1.29, 1.82) is 0 Å². The second-order valence-electron chi connectivity index (χ2n) is 2.81. The molecule has 0 amide bonds. The number of rotatable bonds is 2. The van der Waals surface area contributed by atoms with Crippen molar-refractivity contribution >= 4 is 0 Å². The lowest BCUT2D eigenvalue weighted by Gasteiger charge is -1.99. The quantitative estimate of drug-likeness (QED) is 0.590. The fourth-order valence-corrected chi connectivity index (χ4v) is 1.05. The molecular weight excluding hydrogens is 153 g/mol. The minimum absolute atomic E-state index is 0.0631. The molecule has 0 bridgehead atoms. The smallest absolute Gasteiger partial charge is 0.225 e. The molecule has 1 rings (SSSR count). The van der Waals surface area contributed by atoms with Gasteiger partial charge in [-0.25, -0.2) is 11.0 Å². The summed E-state index contributed by atoms with van der Waals surface area (Å²) >= 11 is 0. The van der Waals surface area contributed by atoms with E-state index in [9.17, 15) is 4.39 Å². The summed E-state index contributed by atoms with van der Waals surface area (Å²) in [6, 6.07) is 6.33. The van der Waals surface area contributed by atoms with Gasteiger partial charge in [0.05, 0.1) is 0 Å². The van der Waals surface area contributed by atoms with Crippen LogP contribution in [0.25, 0.3) is 4.85 Å². The van der Waals surface area contributed by atoms with Crippen molar-refractivity contribution in [2.45, 2.75) is 19.4 Å². The van der Waals surface area contributed by atoms with Crippen LogP contribution in [-0.4, -0.2) is 6.04 Å². The van der Waals surface area contributed by atoms with Crippen LogP contribution in [0.15, 0.2) is 24.3 Å². The Balaban J connectivity index is 2.71. The average molecular weight is 163 g/mol.